The zero-order valence-electron chi connectivity index (χ0n) is 16.0. The number of hydrogen-bond donors (Lipinski definition) is 1. The molecule has 2 unspecified atom stereocenters. The number of nitrogens with zero attached hydrogens (tertiary/aromatic N) is 3. The molecule has 0 saturated carbocycles. The van der Waals surface area contributed by atoms with E-state index in [1.165, 1.54) is 29.0 Å². The van der Waals surface area contributed by atoms with Gasteiger partial charge in [0.1, 0.15) is 5.82 Å². The van der Waals surface area contributed by atoms with Gasteiger partial charge >= 0.3 is 0 Å². The van der Waals surface area contributed by atoms with E-state index in [-0.39, 0.29) is 34.9 Å². The highest BCUT2D eigenvalue weighted by Crippen LogP contribution is 2.32. The molecule has 1 aromatic carbocycles. The summed E-state index contributed by atoms with van der Waals surface area (Å²) in [4.78, 5) is 4.03. The molecule has 2 aliphatic heterocycles. The lowest BCUT2D eigenvalue weighted by Crippen LogP contribution is -2.45. The topological polar surface area (TPSA) is 76.5 Å². The van der Waals surface area contributed by atoms with Gasteiger partial charge in [-0.1, -0.05) is 12.1 Å². The third-order valence-electron chi connectivity index (χ3n) is 5.67. The van der Waals surface area contributed by atoms with Crippen molar-refractivity contribution in [3.05, 3.63) is 48.2 Å². The summed E-state index contributed by atoms with van der Waals surface area (Å²) in [5.74, 6) is -0.381. The quantitative estimate of drug-likeness (QED) is 0.811. The Morgan fingerprint density at radius 3 is 2.57 bits per heavy atom. The van der Waals surface area contributed by atoms with Crippen LogP contribution in [0.3, 0.4) is 0 Å². The fourth-order valence-corrected chi connectivity index (χ4v) is 5.52. The number of rotatable bonds is 5. The van der Waals surface area contributed by atoms with Crippen LogP contribution in [-0.2, 0) is 21.8 Å². The van der Waals surface area contributed by atoms with Crippen molar-refractivity contribution in [2.24, 2.45) is 7.05 Å². The minimum absolute atomic E-state index is 0.0473. The molecule has 2 fully saturated rings. The predicted octanol–water partition coefficient (Wildman–Crippen LogP) is 1.48. The summed E-state index contributed by atoms with van der Waals surface area (Å²) < 4.78 is 48.3. The van der Waals surface area contributed by atoms with Gasteiger partial charge in [0.05, 0.1) is 12.4 Å². The summed E-state index contributed by atoms with van der Waals surface area (Å²) in [5, 5.41) is 3.65. The molecule has 9 heteroatoms. The average molecular weight is 408 g/mol. The second-order valence-electron chi connectivity index (χ2n) is 7.60. The molecule has 0 bridgehead atoms. The van der Waals surface area contributed by atoms with Crippen molar-refractivity contribution in [1.82, 2.24) is 19.2 Å². The number of aryl methyl sites for hydroxylation is 1. The van der Waals surface area contributed by atoms with E-state index in [4.69, 9.17) is 4.74 Å². The number of halogens is 1. The van der Waals surface area contributed by atoms with Gasteiger partial charge in [-0.15, -0.1) is 0 Å². The van der Waals surface area contributed by atoms with Gasteiger partial charge in [0, 0.05) is 50.9 Å². The van der Waals surface area contributed by atoms with Gasteiger partial charge in [0.15, 0.2) is 5.03 Å². The standard InChI is InChI=1S/C19H25FN4O3S/c1-13-17(7-8-27-13)22-18-10-24(28(25,26)19-11-23(2)12-21-19)9-16(18)14-3-5-15(20)6-4-14/h3-6,11-13,16-18,22H,7-10H2,1-2H3/t13?,16-,17?,18+/m1/s1. The first-order valence-electron chi connectivity index (χ1n) is 9.46. The molecule has 0 aliphatic carbocycles. The number of hydrogen-bond acceptors (Lipinski definition) is 5. The van der Waals surface area contributed by atoms with Crippen LogP contribution in [0, 0.1) is 5.82 Å². The van der Waals surface area contributed by atoms with Gasteiger partial charge in [0.2, 0.25) is 0 Å². The monoisotopic (exact) mass is 408 g/mol. The number of benzene rings is 1. The van der Waals surface area contributed by atoms with Crippen molar-refractivity contribution in [3.63, 3.8) is 0 Å². The van der Waals surface area contributed by atoms with Crippen molar-refractivity contribution in [2.75, 3.05) is 19.7 Å². The van der Waals surface area contributed by atoms with Crippen LogP contribution in [0.2, 0.25) is 0 Å². The van der Waals surface area contributed by atoms with Crippen molar-refractivity contribution in [1.29, 1.82) is 0 Å². The maximum atomic E-state index is 13.4. The summed E-state index contributed by atoms with van der Waals surface area (Å²) in [5.41, 5.74) is 0.921. The van der Waals surface area contributed by atoms with Crippen LogP contribution in [-0.4, -0.2) is 60.2 Å². The highest BCUT2D eigenvalue weighted by Gasteiger charge is 2.42. The fourth-order valence-electron chi connectivity index (χ4n) is 4.06. The molecule has 3 heterocycles. The van der Waals surface area contributed by atoms with Crippen molar-refractivity contribution >= 4 is 10.0 Å². The van der Waals surface area contributed by atoms with Gasteiger partial charge in [-0.05, 0) is 31.0 Å². The van der Waals surface area contributed by atoms with Crippen LogP contribution in [0.1, 0.15) is 24.8 Å². The van der Waals surface area contributed by atoms with Crippen LogP contribution in [0.4, 0.5) is 4.39 Å². The van der Waals surface area contributed by atoms with E-state index in [1.807, 2.05) is 6.92 Å². The normalized spacial score (nSPS) is 28.8. The van der Waals surface area contributed by atoms with Crippen LogP contribution in [0.5, 0.6) is 0 Å². The number of nitrogens with one attached hydrogen (secondary N) is 1. The van der Waals surface area contributed by atoms with Gasteiger partial charge in [0.25, 0.3) is 10.0 Å². The molecule has 7 nitrogen and oxygen atoms in total. The van der Waals surface area contributed by atoms with Crippen LogP contribution >= 0.6 is 0 Å². The lowest BCUT2D eigenvalue weighted by atomic mass is 9.93. The maximum Gasteiger partial charge on any atom is 0.262 e. The summed E-state index contributed by atoms with van der Waals surface area (Å²) in [6.45, 7) is 3.38. The third-order valence-corrected chi connectivity index (χ3v) is 7.39. The van der Waals surface area contributed by atoms with Crippen LogP contribution in [0.25, 0.3) is 0 Å². The van der Waals surface area contributed by atoms with Gasteiger partial charge in [-0.25, -0.2) is 17.8 Å². The number of imidazole rings is 1. The Bertz CT molecular complexity index is 931. The maximum absolute atomic E-state index is 13.4. The zero-order valence-corrected chi connectivity index (χ0v) is 16.8. The van der Waals surface area contributed by atoms with E-state index in [0.717, 1.165) is 12.0 Å². The van der Waals surface area contributed by atoms with Crippen LogP contribution < -0.4 is 5.32 Å². The predicted molar refractivity (Wildman–Crippen MR) is 102 cm³/mol. The largest absolute Gasteiger partial charge is 0.377 e. The summed E-state index contributed by atoms with van der Waals surface area (Å²) in [7, 11) is -1.95. The molecule has 2 saturated heterocycles. The lowest BCUT2D eigenvalue weighted by Gasteiger charge is -2.25. The van der Waals surface area contributed by atoms with E-state index in [0.29, 0.717) is 19.7 Å². The molecule has 1 N–H and O–H groups in total. The van der Waals surface area contributed by atoms with Gasteiger partial charge in [-0.2, -0.15) is 4.31 Å². The van der Waals surface area contributed by atoms with Crippen molar-refractivity contribution < 1.29 is 17.5 Å². The SMILES string of the molecule is CC1OCCC1N[C@H]1CN(S(=O)(=O)c2cn(C)cn2)C[C@@H]1c1ccc(F)cc1. The molecule has 4 atom stereocenters. The molecule has 4 rings (SSSR count). The van der Waals surface area contributed by atoms with Gasteiger partial charge in [-0.3, -0.25) is 0 Å². The van der Waals surface area contributed by atoms with Crippen molar-refractivity contribution in [2.45, 2.75) is 42.5 Å². The second kappa shape index (κ2) is 7.55. The lowest BCUT2D eigenvalue weighted by molar-refractivity contribution is 0.110. The summed E-state index contributed by atoms with van der Waals surface area (Å²) in [6, 6.07) is 6.40. The Labute approximate surface area is 164 Å². The Hall–Kier alpha value is -1.81. The number of sulfonamides is 1. The highest BCUT2D eigenvalue weighted by molar-refractivity contribution is 7.89. The Morgan fingerprint density at radius 1 is 1.21 bits per heavy atom. The van der Waals surface area contributed by atoms with E-state index in [1.54, 1.807) is 23.7 Å². The zero-order chi connectivity index (χ0) is 19.9. The minimum Gasteiger partial charge on any atom is -0.377 e. The molecule has 2 aromatic rings. The average Bonchev–Trinajstić information content (AvgIpc) is 3.38. The minimum atomic E-state index is -3.69. The van der Waals surface area contributed by atoms with Crippen molar-refractivity contribution in [3.8, 4) is 0 Å². The Morgan fingerprint density at radius 2 is 1.96 bits per heavy atom. The number of ether oxygens (including phenoxy) is 1. The first-order chi connectivity index (χ1) is 13.3. The summed E-state index contributed by atoms with van der Waals surface area (Å²) in [6.07, 6.45) is 3.96. The Balaban J connectivity index is 1.61. The molecule has 2 aliphatic rings. The van der Waals surface area contributed by atoms with Gasteiger partial charge < -0.3 is 14.6 Å². The molecular formula is C19H25FN4O3S. The molecule has 152 valence electrons. The molecule has 0 radical (unpaired) electrons. The van der Waals surface area contributed by atoms with E-state index in [9.17, 15) is 12.8 Å². The Kier molecular flexibility index (Phi) is 5.26. The summed E-state index contributed by atoms with van der Waals surface area (Å²) >= 11 is 0. The smallest absolute Gasteiger partial charge is 0.262 e. The first kappa shape index (κ1) is 19.5. The van der Waals surface area contributed by atoms with E-state index in [2.05, 4.69) is 10.3 Å². The van der Waals surface area contributed by atoms with Crippen LogP contribution in [0.15, 0.2) is 41.8 Å². The molecular weight excluding hydrogens is 383 g/mol. The molecule has 0 spiro atoms. The number of aromatic nitrogens is 2. The second-order valence-corrected chi connectivity index (χ2v) is 9.49. The highest BCUT2D eigenvalue weighted by atomic mass is 32.2. The fraction of sp³-hybridized carbons (Fsp3) is 0.526. The van der Waals surface area contributed by atoms with E-state index >= 15 is 0 Å². The molecule has 28 heavy (non-hydrogen) atoms. The third kappa shape index (κ3) is 3.71. The first-order valence-corrected chi connectivity index (χ1v) is 10.9. The molecule has 0 amide bonds. The molecule has 1 aromatic heterocycles. The van der Waals surface area contributed by atoms with E-state index < -0.39 is 10.0 Å².